The molecule has 2 aromatic carbocycles. The largest absolute Gasteiger partial charge is 0.276 e. The Morgan fingerprint density at radius 1 is 0.962 bits per heavy atom. The first kappa shape index (κ1) is 16.5. The highest BCUT2D eigenvalue weighted by Crippen LogP contribution is 2.34. The van der Waals surface area contributed by atoms with Crippen LogP contribution < -0.4 is 0 Å². The molecule has 26 heavy (non-hydrogen) atoms. The Labute approximate surface area is 155 Å². The summed E-state index contributed by atoms with van der Waals surface area (Å²) in [7, 11) is 0. The third-order valence-electron chi connectivity index (χ3n) is 4.03. The summed E-state index contributed by atoms with van der Waals surface area (Å²) >= 11 is 1.57. The molecule has 0 aliphatic heterocycles. The fraction of sp³-hybridized carbons (Fsp3) is 0.167. The molecule has 0 bridgehead atoms. The minimum atomic E-state index is -0.00262. The van der Waals surface area contributed by atoms with E-state index in [4.69, 9.17) is 0 Å². The summed E-state index contributed by atoms with van der Waals surface area (Å²) in [5.74, 6) is 0.764. The van der Waals surface area contributed by atoms with Crippen molar-refractivity contribution >= 4 is 11.8 Å². The quantitative estimate of drug-likeness (QED) is 0.506. The molecule has 0 aliphatic carbocycles. The second kappa shape index (κ2) is 7.09. The Hall–Kier alpha value is -3.00. The lowest BCUT2D eigenvalue weighted by atomic mass is 10.2. The molecule has 7 nitrogen and oxygen atoms in total. The van der Waals surface area contributed by atoms with Gasteiger partial charge in [0.2, 0.25) is 0 Å². The molecular weight excluding hydrogens is 346 g/mol. The summed E-state index contributed by atoms with van der Waals surface area (Å²) < 4.78 is 3.75. The third-order valence-corrected chi connectivity index (χ3v) is 5.09. The van der Waals surface area contributed by atoms with E-state index in [1.54, 1.807) is 22.8 Å². The summed E-state index contributed by atoms with van der Waals surface area (Å²) in [5.41, 5.74) is 3.16. The minimum absolute atomic E-state index is 0.00262. The van der Waals surface area contributed by atoms with Gasteiger partial charge in [0.25, 0.3) is 0 Å². The number of rotatable bonds is 5. The lowest BCUT2D eigenvalue weighted by Gasteiger charge is -2.13. The molecule has 130 valence electrons. The summed E-state index contributed by atoms with van der Waals surface area (Å²) in [6.45, 7) is 4.13. The van der Waals surface area contributed by atoms with Crippen molar-refractivity contribution in [3.05, 3.63) is 72.3 Å². The van der Waals surface area contributed by atoms with E-state index in [0.29, 0.717) is 0 Å². The molecule has 8 heteroatoms. The van der Waals surface area contributed by atoms with Gasteiger partial charge >= 0.3 is 0 Å². The van der Waals surface area contributed by atoms with Crippen molar-refractivity contribution in [3.63, 3.8) is 0 Å². The second-order valence-corrected chi connectivity index (χ2v) is 7.12. The Balaban J connectivity index is 1.64. The molecule has 4 rings (SSSR count). The first-order chi connectivity index (χ1) is 12.7. The fourth-order valence-electron chi connectivity index (χ4n) is 2.72. The van der Waals surface area contributed by atoms with Crippen LogP contribution in [0.4, 0.5) is 0 Å². The predicted molar refractivity (Wildman–Crippen MR) is 99.5 cm³/mol. The molecule has 0 aliphatic rings. The van der Waals surface area contributed by atoms with Gasteiger partial charge in [-0.1, -0.05) is 48.2 Å². The Kier molecular flexibility index (Phi) is 4.49. The topological polar surface area (TPSA) is 74.3 Å². The number of hydrogen-bond acceptors (Lipinski definition) is 6. The molecule has 0 spiro atoms. The maximum atomic E-state index is 4.28. The summed E-state index contributed by atoms with van der Waals surface area (Å²) in [6, 6.07) is 18.0. The molecule has 0 radical (unpaired) electrons. The standard InChI is InChI=1S/C18H17N7S/c1-13-8-6-7-11-16(13)24-12-19-21-18(24)26-14(2)17-20-22-23-25(17)15-9-4-3-5-10-15/h3-12,14H,1-2H3. The van der Waals surface area contributed by atoms with Crippen LogP contribution >= 0.6 is 11.8 Å². The zero-order chi connectivity index (χ0) is 17.9. The molecule has 1 atom stereocenters. The highest BCUT2D eigenvalue weighted by molar-refractivity contribution is 7.99. The van der Waals surface area contributed by atoms with Crippen LogP contribution in [-0.4, -0.2) is 35.0 Å². The Morgan fingerprint density at radius 2 is 1.73 bits per heavy atom. The highest BCUT2D eigenvalue weighted by atomic mass is 32.2. The highest BCUT2D eigenvalue weighted by Gasteiger charge is 2.20. The summed E-state index contributed by atoms with van der Waals surface area (Å²) in [5, 5.41) is 21.4. The molecule has 0 fully saturated rings. The van der Waals surface area contributed by atoms with Crippen molar-refractivity contribution in [2.75, 3.05) is 0 Å². The van der Waals surface area contributed by atoms with Gasteiger partial charge in [0.05, 0.1) is 16.6 Å². The second-order valence-electron chi connectivity index (χ2n) is 5.81. The summed E-state index contributed by atoms with van der Waals surface area (Å²) in [4.78, 5) is 0. The number of nitrogens with zero attached hydrogens (tertiary/aromatic N) is 7. The van der Waals surface area contributed by atoms with Gasteiger partial charge < -0.3 is 0 Å². The molecule has 1 unspecified atom stereocenters. The van der Waals surface area contributed by atoms with Gasteiger partial charge in [-0.15, -0.1) is 15.3 Å². The zero-order valence-electron chi connectivity index (χ0n) is 14.4. The van der Waals surface area contributed by atoms with E-state index in [-0.39, 0.29) is 5.25 Å². The van der Waals surface area contributed by atoms with Crippen LogP contribution in [0.2, 0.25) is 0 Å². The first-order valence-corrected chi connectivity index (χ1v) is 9.08. The van der Waals surface area contributed by atoms with E-state index in [2.05, 4.69) is 51.7 Å². The van der Waals surface area contributed by atoms with Crippen LogP contribution in [0.15, 0.2) is 66.1 Å². The van der Waals surface area contributed by atoms with Crippen LogP contribution in [0.3, 0.4) is 0 Å². The molecule has 2 aromatic heterocycles. The van der Waals surface area contributed by atoms with Gasteiger partial charge in [-0.3, -0.25) is 4.57 Å². The van der Waals surface area contributed by atoms with Gasteiger partial charge in [-0.25, -0.2) is 0 Å². The molecule has 4 aromatic rings. The third kappa shape index (κ3) is 3.11. The van der Waals surface area contributed by atoms with Gasteiger partial charge in [-0.05, 0) is 48.0 Å². The van der Waals surface area contributed by atoms with E-state index < -0.39 is 0 Å². The van der Waals surface area contributed by atoms with E-state index in [1.807, 2.05) is 47.0 Å². The average Bonchev–Trinajstić information content (AvgIpc) is 3.32. The van der Waals surface area contributed by atoms with Crippen LogP contribution in [0.5, 0.6) is 0 Å². The molecule has 0 N–H and O–H groups in total. The SMILES string of the molecule is Cc1ccccc1-n1cnnc1SC(C)c1nnnn1-c1ccccc1. The van der Waals surface area contributed by atoms with Crippen molar-refractivity contribution < 1.29 is 0 Å². The van der Waals surface area contributed by atoms with E-state index >= 15 is 0 Å². The van der Waals surface area contributed by atoms with E-state index in [9.17, 15) is 0 Å². The average molecular weight is 363 g/mol. The maximum Gasteiger partial charge on any atom is 0.196 e. The maximum absolute atomic E-state index is 4.28. The van der Waals surface area contributed by atoms with Crippen molar-refractivity contribution in [2.45, 2.75) is 24.3 Å². The number of tetrazole rings is 1. The number of thioether (sulfide) groups is 1. The first-order valence-electron chi connectivity index (χ1n) is 8.20. The zero-order valence-corrected chi connectivity index (χ0v) is 15.2. The minimum Gasteiger partial charge on any atom is -0.276 e. The molecule has 2 heterocycles. The van der Waals surface area contributed by atoms with Crippen LogP contribution in [0, 0.1) is 6.92 Å². The van der Waals surface area contributed by atoms with Crippen molar-refractivity contribution in [2.24, 2.45) is 0 Å². The molecular formula is C18H17N7S. The number of para-hydroxylation sites is 2. The lowest BCUT2D eigenvalue weighted by molar-refractivity contribution is 0.760. The molecule has 0 amide bonds. The van der Waals surface area contributed by atoms with Crippen molar-refractivity contribution in [1.29, 1.82) is 0 Å². The number of aromatic nitrogens is 7. The van der Waals surface area contributed by atoms with Crippen LogP contribution in [0.25, 0.3) is 11.4 Å². The van der Waals surface area contributed by atoms with Crippen molar-refractivity contribution in [1.82, 2.24) is 35.0 Å². The molecule has 0 saturated carbocycles. The fourth-order valence-corrected chi connectivity index (χ4v) is 3.64. The van der Waals surface area contributed by atoms with Gasteiger partial charge in [0.1, 0.15) is 6.33 Å². The Bertz CT molecular complexity index is 1010. The van der Waals surface area contributed by atoms with Gasteiger partial charge in [0, 0.05) is 0 Å². The number of hydrogen-bond donors (Lipinski definition) is 0. The smallest absolute Gasteiger partial charge is 0.196 e. The predicted octanol–water partition coefficient (Wildman–Crippen LogP) is 3.40. The van der Waals surface area contributed by atoms with E-state index in [1.165, 1.54) is 0 Å². The normalized spacial score (nSPS) is 12.2. The van der Waals surface area contributed by atoms with Crippen molar-refractivity contribution in [3.8, 4) is 11.4 Å². The van der Waals surface area contributed by atoms with Gasteiger partial charge in [-0.2, -0.15) is 4.68 Å². The lowest BCUT2D eigenvalue weighted by Crippen LogP contribution is -2.06. The summed E-state index contributed by atoms with van der Waals surface area (Å²) in [6.07, 6.45) is 1.73. The number of aryl methyl sites for hydroxylation is 1. The monoisotopic (exact) mass is 363 g/mol. The number of benzene rings is 2. The van der Waals surface area contributed by atoms with Crippen LogP contribution in [-0.2, 0) is 0 Å². The Morgan fingerprint density at radius 3 is 2.54 bits per heavy atom. The molecule has 0 saturated heterocycles. The van der Waals surface area contributed by atoms with Crippen LogP contribution in [0.1, 0.15) is 23.6 Å². The van der Waals surface area contributed by atoms with E-state index in [0.717, 1.165) is 27.9 Å². The van der Waals surface area contributed by atoms with Gasteiger partial charge in [0.15, 0.2) is 11.0 Å².